The Bertz CT molecular complexity index is 572. The summed E-state index contributed by atoms with van der Waals surface area (Å²) < 4.78 is 26.6. The van der Waals surface area contributed by atoms with Crippen LogP contribution in [0.15, 0.2) is 47.4 Å². The quantitative estimate of drug-likeness (QED) is 0.854. The predicted octanol–water partition coefficient (Wildman–Crippen LogP) is 4.07. The molecule has 4 heteroatoms. The fraction of sp³-hybridized carbons (Fsp3) is 0.200. The van der Waals surface area contributed by atoms with Crippen LogP contribution in [0.4, 0.5) is 8.78 Å². The minimum atomic E-state index is -0.246. The lowest BCUT2D eigenvalue weighted by atomic mass is 10.1. The molecule has 0 aromatic heterocycles. The number of aryl methyl sites for hydroxylation is 1. The predicted molar refractivity (Wildman–Crippen MR) is 75.2 cm³/mol. The summed E-state index contributed by atoms with van der Waals surface area (Å²) in [6.07, 6.45) is 0. The first kappa shape index (κ1) is 14.0. The van der Waals surface area contributed by atoms with Gasteiger partial charge in [-0.15, -0.1) is 11.8 Å². The molecule has 0 aliphatic rings. The van der Waals surface area contributed by atoms with Crippen LogP contribution in [0.5, 0.6) is 0 Å². The zero-order valence-corrected chi connectivity index (χ0v) is 11.4. The van der Waals surface area contributed by atoms with Gasteiger partial charge in [-0.05, 0) is 36.2 Å². The molecule has 0 aliphatic heterocycles. The van der Waals surface area contributed by atoms with E-state index < -0.39 is 0 Å². The Balaban J connectivity index is 2.03. The molecule has 0 radical (unpaired) electrons. The molecule has 0 aliphatic carbocycles. The number of halogens is 2. The third-order valence-corrected chi connectivity index (χ3v) is 4.03. The number of hydrogen-bond donors (Lipinski definition) is 1. The molecule has 0 bridgehead atoms. The molecular weight excluding hydrogens is 264 g/mol. The summed E-state index contributed by atoms with van der Waals surface area (Å²) in [4.78, 5) is 0.580. The molecule has 2 aromatic carbocycles. The molecule has 2 N–H and O–H groups in total. The average Bonchev–Trinajstić information content (AvgIpc) is 2.40. The number of thioether (sulfide) groups is 1. The van der Waals surface area contributed by atoms with Crippen LogP contribution in [-0.2, 0) is 0 Å². The second-order valence-electron chi connectivity index (χ2n) is 4.36. The molecule has 1 atom stereocenters. The van der Waals surface area contributed by atoms with Crippen molar-refractivity contribution < 1.29 is 8.78 Å². The topological polar surface area (TPSA) is 26.0 Å². The summed E-state index contributed by atoms with van der Waals surface area (Å²) in [6, 6.07) is 11.2. The van der Waals surface area contributed by atoms with Gasteiger partial charge in [-0.3, -0.25) is 0 Å². The SMILES string of the molecule is Cc1cc(C(N)CSc2ccccc2F)ccc1F. The van der Waals surface area contributed by atoms with Crippen LogP contribution >= 0.6 is 11.8 Å². The zero-order valence-electron chi connectivity index (χ0n) is 10.6. The van der Waals surface area contributed by atoms with Gasteiger partial charge >= 0.3 is 0 Å². The van der Waals surface area contributed by atoms with Crippen molar-refractivity contribution in [3.05, 3.63) is 65.2 Å². The van der Waals surface area contributed by atoms with E-state index in [0.717, 1.165) is 5.56 Å². The van der Waals surface area contributed by atoms with Crippen LogP contribution < -0.4 is 5.73 Å². The first-order chi connectivity index (χ1) is 9.08. The van der Waals surface area contributed by atoms with E-state index in [0.29, 0.717) is 16.2 Å². The van der Waals surface area contributed by atoms with Gasteiger partial charge in [0.1, 0.15) is 11.6 Å². The van der Waals surface area contributed by atoms with Crippen molar-refractivity contribution in [3.8, 4) is 0 Å². The van der Waals surface area contributed by atoms with Crippen molar-refractivity contribution in [2.45, 2.75) is 17.9 Å². The maximum absolute atomic E-state index is 13.4. The second kappa shape index (κ2) is 6.17. The molecule has 0 fully saturated rings. The molecule has 2 aromatic rings. The Morgan fingerprint density at radius 1 is 1.11 bits per heavy atom. The summed E-state index contributed by atoms with van der Waals surface area (Å²) in [6.45, 7) is 1.70. The highest BCUT2D eigenvalue weighted by atomic mass is 32.2. The Morgan fingerprint density at radius 3 is 2.53 bits per heavy atom. The van der Waals surface area contributed by atoms with Crippen molar-refractivity contribution in [2.75, 3.05) is 5.75 Å². The average molecular weight is 279 g/mol. The van der Waals surface area contributed by atoms with Crippen molar-refractivity contribution in [1.29, 1.82) is 0 Å². The smallest absolute Gasteiger partial charge is 0.136 e. The number of benzene rings is 2. The summed E-state index contributed by atoms with van der Waals surface area (Å²) in [5, 5.41) is 0. The monoisotopic (exact) mass is 279 g/mol. The maximum Gasteiger partial charge on any atom is 0.136 e. The summed E-state index contributed by atoms with van der Waals surface area (Å²) >= 11 is 1.37. The molecule has 0 saturated heterocycles. The van der Waals surface area contributed by atoms with Crippen molar-refractivity contribution in [3.63, 3.8) is 0 Å². The van der Waals surface area contributed by atoms with Crippen molar-refractivity contribution in [1.82, 2.24) is 0 Å². The minimum absolute atomic E-state index is 0.238. The van der Waals surface area contributed by atoms with Gasteiger partial charge < -0.3 is 5.73 Å². The molecule has 0 amide bonds. The molecule has 19 heavy (non-hydrogen) atoms. The third kappa shape index (κ3) is 3.55. The number of rotatable bonds is 4. The third-order valence-electron chi connectivity index (χ3n) is 2.87. The molecule has 0 saturated carbocycles. The zero-order chi connectivity index (χ0) is 13.8. The molecule has 1 unspecified atom stereocenters. The van der Waals surface area contributed by atoms with E-state index in [-0.39, 0.29) is 17.7 Å². The van der Waals surface area contributed by atoms with E-state index in [4.69, 9.17) is 5.73 Å². The molecule has 0 heterocycles. The lowest BCUT2D eigenvalue weighted by molar-refractivity contribution is 0.601. The summed E-state index contributed by atoms with van der Waals surface area (Å²) in [7, 11) is 0. The molecule has 1 nitrogen and oxygen atoms in total. The highest BCUT2D eigenvalue weighted by Gasteiger charge is 2.10. The fourth-order valence-electron chi connectivity index (χ4n) is 1.74. The lowest BCUT2D eigenvalue weighted by Crippen LogP contribution is -2.13. The maximum atomic E-state index is 13.4. The van der Waals surface area contributed by atoms with Gasteiger partial charge in [0.25, 0.3) is 0 Å². The number of hydrogen-bond acceptors (Lipinski definition) is 2. The van der Waals surface area contributed by atoms with Crippen LogP contribution in [0, 0.1) is 18.6 Å². The van der Waals surface area contributed by atoms with E-state index in [9.17, 15) is 8.78 Å². The van der Waals surface area contributed by atoms with Gasteiger partial charge in [-0.25, -0.2) is 8.78 Å². The van der Waals surface area contributed by atoms with E-state index >= 15 is 0 Å². The Hall–Kier alpha value is -1.39. The van der Waals surface area contributed by atoms with Gasteiger partial charge in [-0.2, -0.15) is 0 Å². The second-order valence-corrected chi connectivity index (χ2v) is 5.42. The lowest BCUT2D eigenvalue weighted by Gasteiger charge is -2.13. The Morgan fingerprint density at radius 2 is 1.84 bits per heavy atom. The van der Waals surface area contributed by atoms with Crippen LogP contribution in [0.25, 0.3) is 0 Å². The van der Waals surface area contributed by atoms with Crippen LogP contribution in [0.2, 0.25) is 0 Å². The Kier molecular flexibility index (Phi) is 4.56. The van der Waals surface area contributed by atoms with E-state index in [1.807, 2.05) is 0 Å². The summed E-state index contributed by atoms with van der Waals surface area (Å²) in [5.74, 6) is 0.0686. The van der Waals surface area contributed by atoms with E-state index in [2.05, 4.69) is 0 Å². The highest BCUT2D eigenvalue weighted by molar-refractivity contribution is 7.99. The minimum Gasteiger partial charge on any atom is -0.323 e. The fourth-order valence-corrected chi connectivity index (χ4v) is 2.67. The van der Waals surface area contributed by atoms with Crippen LogP contribution in [-0.4, -0.2) is 5.75 Å². The molecule has 100 valence electrons. The standard InChI is InChI=1S/C15H15F2NS/c1-10-8-11(6-7-12(10)16)14(18)9-19-15-5-3-2-4-13(15)17/h2-8,14H,9,18H2,1H3. The normalized spacial score (nSPS) is 12.4. The molecular formula is C15H15F2NS. The van der Waals surface area contributed by atoms with Gasteiger partial charge in [0, 0.05) is 16.7 Å². The number of nitrogens with two attached hydrogens (primary N) is 1. The Labute approximate surface area is 115 Å². The first-order valence-electron chi connectivity index (χ1n) is 5.97. The van der Waals surface area contributed by atoms with Crippen LogP contribution in [0.1, 0.15) is 17.2 Å². The van der Waals surface area contributed by atoms with Gasteiger partial charge in [0.15, 0.2) is 0 Å². The van der Waals surface area contributed by atoms with Gasteiger partial charge in [-0.1, -0.05) is 24.3 Å². The molecule has 0 spiro atoms. The summed E-state index contributed by atoms with van der Waals surface area (Å²) in [5.41, 5.74) is 7.48. The van der Waals surface area contributed by atoms with Crippen molar-refractivity contribution in [2.24, 2.45) is 5.73 Å². The molecule has 2 rings (SSSR count). The highest BCUT2D eigenvalue weighted by Crippen LogP contribution is 2.26. The van der Waals surface area contributed by atoms with Gasteiger partial charge in [0.05, 0.1) is 0 Å². The van der Waals surface area contributed by atoms with E-state index in [1.54, 1.807) is 37.3 Å². The van der Waals surface area contributed by atoms with Crippen molar-refractivity contribution >= 4 is 11.8 Å². The van der Waals surface area contributed by atoms with E-state index in [1.165, 1.54) is 23.9 Å². The van der Waals surface area contributed by atoms with Crippen LogP contribution in [0.3, 0.4) is 0 Å². The van der Waals surface area contributed by atoms with Gasteiger partial charge in [0.2, 0.25) is 0 Å². The largest absolute Gasteiger partial charge is 0.323 e. The first-order valence-corrected chi connectivity index (χ1v) is 6.95.